The summed E-state index contributed by atoms with van der Waals surface area (Å²) in [7, 11) is 0. The van der Waals surface area contributed by atoms with Gasteiger partial charge in [0.25, 0.3) is 0 Å². The van der Waals surface area contributed by atoms with E-state index in [1.807, 2.05) is 25.1 Å². The van der Waals surface area contributed by atoms with Crippen LogP contribution in [0.4, 0.5) is 4.39 Å². The molecule has 136 valence electrons. The minimum absolute atomic E-state index is 0.0321. The molecule has 0 radical (unpaired) electrons. The van der Waals surface area contributed by atoms with E-state index in [9.17, 15) is 4.39 Å². The van der Waals surface area contributed by atoms with Crippen LogP contribution in [0.15, 0.2) is 40.9 Å². The van der Waals surface area contributed by atoms with Crippen LogP contribution in [0.3, 0.4) is 0 Å². The second-order valence-electron chi connectivity index (χ2n) is 5.49. The summed E-state index contributed by atoms with van der Waals surface area (Å²) in [6.07, 6.45) is 0. The Morgan fingerprint density at radius 3 is 2.88 bits per heavy atom. The average molecular weight is 458 g/mol. The van der Waals surface area contributed by atoms with Crippen LogP contribution in [0.25, 0.3) is 0 Å². The summed E-state index contributed by atoms with van der Waals surface area (Å²) in [5.74, 6) is 0.938. The zero-order valence-corrected chi connectivity index (χ0v) is 16.9. The standard InChI is InChI=1S/C17H15BrClFN4OS/c1-10-22-23-17(26)24(10)21-8-11-7-12(18)5-6-16(11)25-9-13-14(19)3-2-4-15(13)20/h2-7,21H,8-9H2,1H3,(H,23,26). The fourth-order valence-corrected chi connectivity index (χ4v) is 3.24. The van der Waals surface area contributed by atoms with Crippen molar-refractivity contribution >= 4 is 39.7 Å². The predicted octanol–water partition coefficient (Wildman–Crippen LogP) is 5.13. The number of nitrogens with zero attached hydrogens (tertiary/aromatic N) is 2. The number of halogens is 3. The van der Waals surface area contributed by atoms with E-state index >= 15 is 0 Å². The van der Waals surface area contributed by atoms with Gasteiger partial charge in [0.2, 0.25) is 4.77 Å². The van der Waals surface area contributed by atoms with Gasteiger partial charge in [-0.1, -0.05) is 33.6 Å². The summed E-state index contributed by atoms with van der Waals surface area (Å²) in [6, 6.07) is 10.2. The summed E-state index contributed by atoms with van der Waals surface area (Å²) < 4.78 is 22.8. The van der Waals surface area contributed by atoms with E-state index in [1.54, 1.807) is 16.8 Å². The third kappa shape index (κ3) is 4.25. The number of benzene rings is 2. The van der Waals surface area contributed by atoms with Crippen LogP contribution in [0.1, 0.15) is 17.0 Å². The van der Waals surface area contributed by atoms with E-state index in [4.69, 9.17) is 28.6 Å². The normalized spacial score (nSPS) is 10.8. The van der Waals surface area contributed by atoms with Gasteiger partial charge in [0.15, 0.2) is 0 Å². The molecule has 0 amide bonds. The van der Waals surface area contributed by atoms with Crippen LogP contribution in [-0.4, -0.2) is 14.9 Å². The molecule has 3 rings (SSSR count). The van der Waals surface area contributed by atoms with Gasteiger partial charge in [-0.2, -0.15) is 5.10 Å². The molecule has 0 aliphatic rings. The van der Waals surface area contributed by atoms with Gasteiger partial charge in [0.1, 0.15) is 24.0 Å². The van der Waals surface area contributed by atoms with Crippen molar-refractivity contribution in [1.29, 1.82) is 0 Å². The van der Waals surface area contributed by atoms with Crippen molar-refractivity contribution in [3.63, 3.8) is 0 Å². The third-order valence-electron chi connectivity index (χ3n) is 3.72. The van der Waals surface area contributed by atoms with Gasteiger partial charge in [0.05, 0.1) is 11.6 Å². The molecule has 0 aliphatic heterocycles. The highest BCUT2D eigenvalue weighted by molar-refractivity contribution is 9.10. The zero-order chi connectivity index (χ0) is 18.7. The first kappa shape index (κ1) is 18.9. The molecule has 0 atom stereocenters. The molecule has 0 saturated heterocycles. The number of aryl methyl sites for hydroxylation is 1. The lowest BCUT2D eigenvalue weighted by Gasteiger charge is -2.15. The first-order chi connectivity index (χ1) is 12.5. The Bertz CT molecular complexity index is 971. The van der Waals surface area contributed by atoms with Crippen molar-refractivity contribution in [2.75, 3.05) is 5.43 Å². The largest absolute Gasteiger partial charge is 0.488 e. The average Bonchev–Trinajstić information content (AvgIpc) is 2.92. The highest BCUT2D eigenvalue weighted by atomic mass is 79.9. The van der Waals surface area contributed by atoms with Crippen molar-refractivity contribution < 1.29 is 9.13 Å². The summed E-state index contributed by atoms with van der Waals surface area (Å²) in [5.41, 5.74) is 4.38. The number of rotatable bonds is 6. The van der Waals surface area contributed by atoms with E-state index in [0.717, 1.165) is 10.0 Å². The monoisotopic (exact) mass is 456 g/mol. The molecule has 1 aromatic heterocycles. The zero-order valence-electron chi connectivity index (χ0n) is 13.7. The van der Waals surface area contributed by atoms with Crippen molar-refractivity contribution in [3.05, 3.63) is 73.4 Å². The molecule has 3 aromatic rings. The Morgan fingerprint density at radius 2 is 2.19 bits per heavy atom. The molecule has 2 aromatic carbocycles. The highest BCUT2D eigenvalue weighted by Crippen LogP contribution is 2.26. The van der Waals surface area contributed by atoms with Gasteiger partial charge in [0, 0.05) is 15.6 Å². The number of hydrogen-bond acceptors (Lipinski definition) is 4. The second kappa shape index (κ2) is 8.20. The lowest BCUT2D eigenvalue weighted by Crippen LogP contribution is -2.16. The molecule has 2 N–H and O–H groups in total. The Morgan fingerprint density at radius 1 is 1.38 bits per heavy atom. The maximum atomic E-state index is 13.9. The smallest absolute Gasteiger partial charge is 0.214 e. The van der Waals surface area contributed by atoms with Crippen LogP contribution >= 0.6 is 39.7 Å². The van der Waals surface area contributed by atoms with Gasteiger partial charge in [-0.15, -0.1) is 0 Å². The Balaban J connectivity index is 1.79. The fraction of sp³-hybridized carbons (Fsp3) is 0.176. The van der Waals surface area contributed by atoms with Crippen molar-refractivity contribution in [3.8, 4) is 5.75 Å². The maximum Gasteiger partial charge on any atom is 0.214 e. The van der Waals surface area contributed by atoms with Gasteiger partial charge in [-0.3, -0.25) is 5.10 Å². The molecule has 0 bridgehead atoms. The van der Waals surface area contributed by atoms with E-state index in [0.29, 0.717) is 33.5 Å². The molecule has 26 heavy (non-hydrogen) atoms. The van der Waals surface area contributed by atoms with E-state index < -0.39 is 5.82 Å². The first-order valence-corrected chi connectivity index (χ1v) is 9.25. The van der Waals surface area contributed by atoms with Crippen LogP contribution in [0.5, 0.6) is 5.75 Å². The fourth-order valence-electron chi connectivity index (χ4n) is 2.37. The molecule has 0 spiro atoms. The Hall–Kier alpha value is -1.90. The molecular formula is C17H15BrClFN4OS. The maximum absolute atomic E-state index is 13.9. The molecular weight excluding hydrogens is 443 g/mol. The molecule has 9 heteroatoms. The van der Waals surface area contributed by atoms with E-state index in [1.165, 1.54) is 6.07 Å². The topological polar surface area (TPSA) is 54.9 Å². The van der Waals surface area contributed by atoms with Gasteiger partial charge in [-0.25, -0.2) is 9.07 Å². The van der Waals surface area contributed by atoms with Gasteiger partial charge < -0.3 is 10.2 Å². The minimum Gasteiger partial charge on any atom is -0.488 e. The van der Waals surface area contributed by atoms with Crippen LogP contribution in [0.2, 0.25) is 5.02 Å². The summed E-state index contributed by atoms with van der Waals surface area (Å²) >= 11 is 14.7. The second-order valence-corrected chi connectivity index (χ2v) is 7.20. The van der Waals surface area contributed by atoms with Crippen LogP contribution in [0, 0.1) is 17.5 Å². The lowest BCUT2D eigenvalue weighted by molar-refractivity contribution is 0.297. The number of H-pyrrole nitrogens is 1. The number of nitrogens with one attached hydrogen (secondary N) is 2. The molecule has 1 heterocycles. The third-order valence-corrected chi connectivity index (χ3v) is 4.85. The number of ether oxygens (including phenoxy) is 1. The molecule has 0 fully saturated rings. The SMILES string of the molecule is Cc1n[nH]c(=S)n1NCc1cc(Br)ccc1OCc1c(F)cccc1Cl. The first-order valence-electron chi connectivity index (χ1n) is 7.67. The van der Waals surface area contributed by atoms with Crippen LogP contribution in [-0.2, 0) is 13.2 Å². The quantitative estimate of drug-likeness (QED) is 0.504. The number of hydrogen-bond donors (Lipinski definition) is 2. The van der Waals surface area contributed by atoms with Crippen molar-refractivity contribution in [1.82, 2.24) is 14.9 Å². The van der Waals surface area contributed by atoms with Crippen molar-refractivity contribution in [2.45, 2.75) is 20.1 Å². The van der Waals surface area contributed by atoms with Gasteiger partial charge in [-0.05, 0) is 49.5 Å². The Kier molecular flexibility index (Phi) is 5.95. The van der Waals surface area contributed by atoms with E-state index in [2.05, 4.69) is 31.6 Å². The lowest BCUT2D eigenvalue weighted by atomic mass is 10.2. The number of aromatic nitrogens is 3. The highest BCUT2D eigenvalue weighted by Gasteiger charge is 2.11. The molecule has 0 saturated carbocycles. The summed E-state index contributed by atoms with van der Waals surface area (Å²) in [4.78, 5) is 0. The van der Waals surface area contributed by atoms with Gasteiger partial charge >= 0.3 is 0 Å². The molecule has 5 nitrogen and oxygen atoms in total. The molecule has 0 unspecified atom stereocenters. The predicted molar refractivity (Wildman–Crippen MR) is 105 cm³/mol. The summed E-state index contributed by atoms with van der Waals surface area (Å²) in [6.45, 7) is 2.30. The Labute approximate surface area is 168 Å². The number of aromatic amines is 1. The molecule has 0 aliphatic carbocycles. The van der Waals surface area contributed by atoms with Crippen molar-refractivity contribution in [2.24, 2.45) is 0 Å². The van der Waals surface area contributed by atoms with E-state index in [-0.39, 0.29) is 6.61 Å². The van der Waals surface area contributed by atoms with Crippen LogP contribution < -0.4 is 10.2 Å². The minimum atomic E-state index is -0.394. The summed E-state index contributed by atoms with van der Waals surface area (Å²) in [5, 5.41) is 7.10.